The van der Waals surface area contributed by atoms with Gasteiger partial charge in [-0.1, -0.05) is 19.4 Å². The fraction of sp³-hybridized carbons (Fsp3) is 0.304. The highest BCUT2D eigenvalue weighted by Gasteiger charge is 2.37. The first kappa shape index (κ1) is 21.5. The van der Waals surface area contributed by atoms with Crippen LogP contribution in [-0.4, -0.2) is 29.5 Å². The van der Waals surface area contributed by atoms with Gasteiger partial charge in [-0.15, -0.1) is 57.5 Å². The van der Waals surface area contributed by atoms with Gasteiger partial charge in [0.05, 0.1) is 5.56 Å². The zero-order chi connectivity index (χ0) is 21.5. The summed E-state index contributed by atoms with van der Waals surface area (Å²) in [6, 6.07) is 10.7. The van der Waals surface area contributed by atoms with Gasteiger partial charge in [0.1, 0.15) is 4.88 Å². The minimum absolute atomic E-state index is 0.128. The van der Waals surface area contributed by atoms with Gasteiger partial charge in [0.25, 0.3) is 11.8 Å². The topological polar surface area (TPSA) is 37.4 Å². The fourth-order valence-corrected chi connectivity index (χ4v) is 9.14. The number of carbonyl (C=O) groups is 2. The predicted molar refractivity (Wildman–Crippen MR) is 138 cm³/mol. The van der Waals surface area contributed by atoms with Crippen molar-refractivity contribution in [2.75, 3.05) is 12.8 Å². The first-order valence-corrected chi connectivity index (χ1v) is 14.8. The van der Waals surface area contributed by atoms with Crippen LogP contribution in [0.5, 0.6) is 0 Å². The molecule has 1 atom stereocenters. The maximum atomic E-state index is 12.7. The van der Waals surface area contributed by atoms with Crippen LogP contribution in [0.15, 0.2) is 40.6 Å². The van der Waals surface area contributed by atoms with Gasteiger partial charge in [0.2, 0.25) is 0 Å². The standard InChI is InChI=1S/C23H21NO2S5/c1-3-4-11-24-22(25)13-12-19(31-21(13)23(24)26)18-8-7-15(29-18)14-5-6-16(28-14)17-9-10-20(27-2)30-17/h5-8,10,12,17H,3-4,9,11H2,1-2H3. The first-order valence-electron chi connectivity index (χ1n) is 10.2. The monoisotopic (exact) mass is 503 g/mol. The van der Waals surface area contributed by atoms with Crippen LogP contribution >= 0.6 is 57.5 Å². The van der Waals surface area contributed by atoms with Crippen molar-refractivity contribution in [2.45, 2.75) is 31.4 Å². The van der Waals surface area contributed by atoms with E-state index in [0.717, 1.165) is 29.0 Å². The maximum absolute atomic E-state index is 12.7. The lowest BCUT2D eigenvalue weighted by Gasteiger charge is -2.12. The van der Waals surface area contributed by atoms with Crippen molar-refractivity contribution in [1.82, 2.24) is 4.90 Å². The Hall–Kier alpha value is -1.32. The molecule has 3 aromatic rings. The van der Waals surface area contributed by atoms with E-state index in [1.165, 1.54) is 35.1 Å². The van der Waals surface area contributed by atoms with E-state index in [9.17, 15) is 9.59 Å². The number of imide groups is 1. The lowest BCUT2D eigenvalue weighted by atomic mass is 10.2. The molecule has 0 N–H and O–H groups in total. The predicted octanol–water partition coefficient (Wildman–Crippen LogP) is 7.98. The number of amides is 2. The molecule has 0 saturated heterocycles. The van der Waals surface area contributed by atoms with E-state index in [2.05, 4.69) is 43.5 Å². The third-order valence-electron chi connectivity index (χ3n) is 5.38. The van der Waals surface area contributed by atoms with Crippen molar-refractivity contribution in [1.29, 1.82) is 0 Å². The van der Waals surface area contributed by atoms with E-state index in [4.69, 9.17) is 0 Å². The number of fused-ring (bicyclic) bond motifs is 1. The highest BCUT2D eigenvalue weighted by molar-refractivity contribution is 8.22. The van der Waals surface area contributed by atoms with Crippen molar-refractivity contribution >= 4 is 69.3 Å². The van der Waals surface area contributed by atoms with Crippen molar-refractivity contribution in [2.24, 2.45) is 0 Å². The number of nitrogens with zero attached hydrogens (tertiary/aromatic N) is 1. The molecule has 160 valence electrons. The molecule has 0 aliphatic carbocycles. The molecule has 2 aliphatic heterocycles. The molecule has 0 saturated carbocycles. The fourth-order valence-electron chi connectivity index (χ4n) is 3.72. The molecule has 8 heteroatoms. The zero-order valence-electron chi connectivity index (χ0n) is 17.2. The van der Waals surface area contributed by atoms with Crippen molar-refractivity contribution in [3.8, 4) is 19.5 Å². The van der Waals surface area contributed by atoms with Crippen molar-refractivity contribution in [3.05, 3.63) is 56.0 Å². The first-order chi connectivity index (χ1) is 15.1. The van der Waals surface area contributed by atoms with Crippen LogP contribution in [0.2, 0.25) is 0 Å². The Bertz CT molecular complexity index is 1150. The molecule has 0 spiro atoms. The van der Waals surface area contributed by atoms with E-state index in [1.807, 2.05) is 40.9 Å². The third kappa shape index (κ3) is 3.97. The number of hydrogen-bond donors (Lipinski definition) is 0. The van der Waals surface area contributed by atoms with Crippen molar-refractivity contribution in [3.63, 3.8) is 0 Å². The molecular weight excluding hydrogens is 483 g/mol. The molecule has 0 fully saturated rings. The van der Waals surface area contributed by atoms with E-state index in [0.29, 0.717) is 22.2 Å². The van der Waals surface area contributed by atoms with Gasteiger partial charge in [-0.05, 0) is 49.4 Å². The Kier molecular flexibility index (Phi) is 6.18. The molecule has 5 rings (SSSR count). The summed E-state index contributed by atoms with van der Waals surface area (Å²) in [6.07, 6.45) is 7.40. The minimum Gasteiger partial charge on any atom is -0.274 e. The number of thioether (sulfide) groups is 2. The molecule has 3 aromatic heterocycles. The molecule has 0 aromatic carbocycles. The second-order valence-corrected chi connectivity index (χ2v) is 13.0. The number of allylic oxidation sites excluding steroid dienone is 1. The van der Waals surface area contributed by atoms with Gasteiger partial charge in [-0.2, -0.15) is 0 Å². The summed E-state index contributed by atoms with van der Waals surface area (Å²) in [6.45, 7) is 2.58. The van der Waals surface area contributed by atoms with E-state index in [1.54, 1.807) is 11.3 Å². The number of carbonyl (C=O) groups excluding carboxylic acids is 2. The summed E-state index contributed by atoms with van der Waals surface area (Å²) in [4.78, 5) is 33.4. The van der Waals surface area contributed by atoms with Gasteiger partial charge in [0.15, 0.2) is 0 Å². The summed E-state index contributed by atoms with van der Waals surface area (Å²) in [5.74, 6) is -0.264. The summed E-state index contributed by atoms with van der Waals surface area (Å²) >= 11 is 8.85. The lowest BCUT2D eigenvalue weighted by molar-refractivity contribution is 0.0653. The molecule has 1 unspecified atom stereocenters. The average molecular weight is 504 g/mol. The van der Waals surface area contributed by atoms with E-state index in [-0.39, 0.29) is 11.8 Å². The molecule has 3 nitrogen and oxygen atoms in total. The highest BCUT2D eigenvalue weighted by Crippen LogP contribution is 2.50. The second kappa shape index (κ2) is 8.90. The molecule has 31 heavy (non-hydrogen) atoms. The Morgan fingerprint density at radius 3 is 2.45 bits per heavy atom. The maximum Gasteiger partial charge on any atom is 0.271 e. The quantitative estimate of drug-likeness (QED) is 0.306. The van der Waals surface area contributed by atoms with Gasteiger partial charge in [0, 0.05) is 40.4 Å². The summed E-state index contributed by atoms with van der Waals surface area (Å²) < 4.78 is 1.42. The number of thiophene rings is 3. The average Bonchev–Trinajstić information content (AvgIpc) is 3.57. The van der Waals surface area contributed by atoms with E-state index < -0.39 is 0 Å². The Balaban J connectivity index is 1.34. The van der Waals surface area contributed by atoms with Crippen LogP contribution in [0.1, 0.15) is 56.3 Å². The number of hydrogen-bond acceptors (Lipinski definition) is 7. The number of unbranched alkanes of at least 4 members (excludes halogenated alkanes) is 1. The Morgan fingerprint density at radius 1 is 1.00 bits per heavy atom. The number of rotatable bonds is 7. The molecule has 2 aliphatic rings. The molecule has 2 amide bonds. The summed E-state index contributed by atoms with van der Waals surface area (Å²) in [7, 11) is 0. The summed E-state index contributed by atoms with van der Waals surface area (Å²) in [5.41, 5.74) is 0.574. The highest BCUT2D eigenvalue weighted by atomic mass is 32.2. The molecular formula is C23H21NO2S5. The minimum atomic E-state index is -0.136. The van der Waals surface area contributed by atoms with Gasteiger partial charge in [-0.3, -0.25) is 14.5 Å². The van der Waals surface area contributed by atoms with E-state index >= 15 is 0 Å². The SMILES string of the molecule is CCCCN1C(=O)c2cc(-c3ccc(-c4ccc(C5CC=C(SC)S5)s4)s3)sc2C1=O. The molecule has 0 bridgehead atoms. The van der Waals surface area contributed by atoms with Crippen molar-refractivity contribution < 1.29 is 9.59 Å². The smallest absolute Gasteiger partial charge is 0.271 e. The van der Waals surface area contributed by atoms with Gasteiger partial charge < -0.3 is 0 Å². The van der Waals surface area contributed by atoms with Crippen LogP contribution in [-0.2, 0) is 0 Å². The Morgan fingerprint density at radius 2 is 1.74 bits per heavy atom. The zero-order valence-corrected chi connectivity index (χ0v) is 21.3. The van der Waals surface area contributed by atoms with Gasteiger partial charge in [-0.25, -0.2) is 0 Å². The normalized spacial score (nSPS) is 18.2. The third-order valence-corrected chi connectivity index (χ3v) is 11.8. The summed E-state index contributed by atoms with van der Waals surface area (Å²) in [5, 5.41) is 0.536. The van der Waals surface area contributed by atoms with Gasteiger partial charge >= 0.3 is 0 Å². The molecule has 0 radical (unpaired) electrons. The van der Waals surface area contributed by atoms with Crippen LogP contribution in [0.4, 0.5) is 0 Å². The van der Waals surface area contributed by atoms with Crippen LogP contribution in [0.25, 0.3) is 19.5 Å². The van der Waals surface area contributed by atoms with Crippen LogP contribution < -0.4 is 0 Å². The van der Waals surface area contributed by atoms with Crippen LogP contribution in [0.3, 0.4) is 0 Å². The largest absolute Gasteiger partial charge is 0.274 e. The van der Waals surface area contributed by atoms with Crippen LogP contribution in [0, 0.1) is 0 Å². The second-order valence-electron chi connectivity index (χ2n) is 7.40. The lowest BCUT2D eigenvalue weighted by Crippen LogP contribution is -2.30. The Labute approximate surface area is 202 Å². The molecule has 5 heterocycles.